The summed E-state index contributed by atoms with van der Waals surface area (Å²) in [5.41, 5.74) is 5.98. The highest BCUT2D eigenvalue weighted by Gasteiger charge is 2.28. The lowest BCUT2D eigenvalue weighted by Gasteiger charge is -2.39. The van der Waals surface area contributed by atoms with Crippen LogP contribution in [0.1, 0.15) is 34.1 Å². The molecule has 3 N–H and O–H groups in total. The Morgan fingerprint density at radius 3 is 2.14 bits per heavy atom. The molecular formula is C11H26N2O. The Kier molecular flexibility index (Phi) is 6.33. The predicted molar refractivity (Wildman–Crippen MR) is 61.2 cm³/mol. The summed E-state index contributed by atoms with van der Waals surface area (Å²) in [6.07, 6.45) is 1.10. The maximum atomic E-state index is 8.99. The molecule has 0 aliphatic carbocycles. The van der Waals surface area contributed by atoms with Gasteiger partial charge in [0.2, 0.25) is 0 Å². The summed E-state index contributed by atoms with van der Waals surface area (Å²) < 4.78 is 0. The molecule has 0 aromatic carbocycles. The largest absolute Gasteiger partial charge is 0.395 e. The van der Waals surface area contributed by atoms with Crippen LogP contribution in [0.5, 0.6) is 0 Å². The molecule has 0 aliphatic heterocycles. The Hall–Kier alpha value is -0.120. The molecular weight excluding hydrogens is 176 g/mol. The molecule has 1 unspecified atom stereocenters. The monoisotopic (exact) mass is 202 g/mol. The van der Waals surface area contributed by atoms with E-state index >= 15 is 0 Å². The number of nitrogens with zero attached hydrogens (tertiary/aromatic N) is 1. The second-order valence-electron chi connectivity index (χ2n) is 4.88. The van der Waals surface area contributed by atoms with Gasteiger partial charge in [-0.15, -0.1) is 0 Å². The SMILES string of the molecule is CCCN(CCO)C(CN)C(C)(C)C. The molecule has 1 atom stereocenters. The summed E-state index contributed by atoms with van der Waals surface area (Å²) in [6.45, 7) is 11.4. The highest BCUT2D eigenvalue weighted by Crippen LogP contribution is 2.23. The fraction of sp³-hybridized carbons (Fsp3) is 1.00. The Labute approximate surface area is 88.3 Å². The van der Waals surface area contributed by atoms with Crippen molar-refractivity contribution < 1.29 is 5.11 Å². The quantitative estimate of drug-likeness (QED) is 0.677. The van der Waals surface area contributed by atoms with E-state index in [-0.39, 0.29) is 12.0 Å². The normalized spacial score (nSPS) is 14.8. The van der Waals surface area contributed by atoms with Crippen LogP contribution in [0.3, 0.4) is 0 Å². The summed E-state index contributed by atoms with van der Waals surface area (Å²) >= 11 is 0. The minimum Gasteiger partial charge on any atom is -0.395 e. The standard InChI is InChI=1S/C11H26N2O/c1-5-6-13(7-8-14)10(9-12)11(2,3)4/h10,14H,5-9,12H2,1-4H3. The fourth-order valence-electron chi connectivity index (χ4n) is 1.89. The molecule has 0 saturated heterocycles. The molecule has 0 radical (unpaired) electrons. The van der Waals surface area contributed by atoms with Gasteiger partial charge < -0.3 is 10.8 Å². The van der Waals surface area contributed by atoms with Crippen molar-refractivity contribution in [3.63, 3.8) is 0 Å². The van der Waals surface area contributed by atoms with Crippen LogP contribution in [0.25, 0.3) is 0 Å². The van der Waals surface area contributed by atoms with Crippen molar-refractivity contribution in [2.24, 2.45) is 11.1 Å². The van der Waals surface area contributed by atoms with Gasteiger partial charge in [0.25, 0.3) is 0 Å². The van der Waals surface area contributed by atoms with Gasteiger partial charge in [0, 0.05) is 19.1 Å². The first-order valence-corrected chi connectivity index (χ1v) is 5.52. The van der Waals surface area contributed by atoms with Crippen molar-refractivity contribution in [3.05, 3.63) is 0 Å². The van der Waals surface area contributed by atoms with Crippen LogP contribution in [0.2, 0.25) is 0 Å². The van der Waals surface area contributed by atoms with E-state index in [1.54, 1.807) is 0 Å². The van der Waals surface area contributed by atoms with Crippen molar-refractivity contribution >= 4 is 0 Å². The van der Waals surface area contributed by atoms with Gasteiger partial charge in [0.1, 0.15) is 0 Å². The van der Waals surface area contributed by atoms with Crippen LogP contribution in [0.15, 0.2) is 0 Å². The molecule has 0 bridgehead atoms. The van der Waals surface area contributed by atoms with E-state index < -0.39 is 0 Å². The third kappa shape index (κ3) is 4.40. The molecule has 0 amide bonds. The van der Waals surface area contributed by atoms with Crippen molar-refractivity contribution in [1.82, 2.24) is 4.90 Å². The van der Waals surface area contributed by atoms with E-state index in [1.165, 1.54) is 0 Å². The van der Waals surface area contributed by atoms with Crippen LogP contribution >= 0.6 is 0 Å². The van der Waals surface area contributed by atoms with Gasteiger partial charge in [-0.2, -0.15) is 0 Å². The molecule has 3 heteroatoms. The van der Waals surface area contributed by atoms with E-state index in [9.17, 15) is 0 Å². The summed E-state index contributed by atoms with van der Waals surface area (Å²) in [6, 6.07) is 0.356. The zero-order valence-corrected chi connectivity index (χ0v) is 10.1. The molecule has 3 nitrogen and oxygen atoms in total. The molecule has 0 saturated carbocycles. The van der Waals surface area contributed by atoms with Gasteiger partial charge >= 0.3 is 0 Å². The first-order chi connectivity index (χ1) is 6.47. The lowest BCUT2D eigenvalue weighted by Crippen LogP contribution is -2.50. The van der Waals surface area contributed by atoms with Crippen molar-refractivity contribution in [2.45, 2.75) is 40.2 Å². The number of rotatable bonds is 6. The summed E-state index contributed by atoms with van der Waals surface area (Å²) in [5.74, 6) is 0. The summed E-state index contributed by atoms with van der Waals surface area (Å²) in [4.78, 5) is 2.29. The highest BCUT2D eigenvalue weighted by atomic mass is 16.3. The molecule has 14 heavy (non-hydrogen) atoms. The first kappa shape index (κ1) is 13.9. The maximum Gasteiger partial charge on any atom is 0.0558 e. The van der Waals surface area contributed by atoms with Gasteiger partial charge in [-0.05, 0) is 18.4 Å². The van der Waals surface area contributed by atoms with Gasteiger partial charge in [0.05, 0.1) is 6.61 Å². The minimum absolute atomic E-state index is 0.180. The first-order valence-electron chi connectivity index (χ1n) is 5.52. The van der Waals surface area contributed by atoms with E-state index in [4.69, 9.17) is 10.8 Å². The van der Waals surface area contributed by atoms with Crippen molar-refractivity contribution in [3.8, 4) is 0 Å². The zero-order chi connectivity index (χ0) is 11.2. The Bertz CT molecular complexity index is 137. The van der Waals surface area contributed by atoms with Crippen LogP contribution in [-0.4, -0.2) is 42.3 Å². The zero-order valence-electron chi connectivity index (χ0n) is 10.1. The summed E-state index contributed by atoms with van der Waals surface area (Å²) in [7, 11) is 0. The van der Waals surface area contributed by atoms with Gasteiger partial charge in [0.15, 0.2) is 0 Å². The molecule has 86 valence electrons. The highest BCUT2D eigenvalue weighted by molar-refractivity contribution is 4.83. The van der Waals surface area contributed by atoms with E-state index in [2.05, 4.69) is 32.6 Å². The van der Waals surface area contributed by atoms with Crippen LogP contribution in [-0.2, 0) is 0 Å². The minimum atomic E-state index is 0.180. The van der Waals surface area contributed by atoms with Crippen LogP contribution in [0.4, 0.5) is 0 Å². The van der Waals surface area contributed by atoms with E-state index in [0.29, 0.717) is 12.6 Å². The number of hydrogen-bond donors (Lipinski definition) is 2. The second kappa shape index (κ2) is 6.38. The van der Waals surface area contributed by atoms with Crippen LogP contribution < -0.4 is 5.73 Å². The maximum absolute atomic E-state index is 8.99. The molecule has 0 aromatic rings. The van der Waals surface area contributed by atoms with E-state index in [0.717, 1.165) is 19.5 Å². The molecule has 0 fully saturated rings. The van der Waals surface area contributed by atoms with Crippen LogP contribution in [0, 0.1) is 5.41 Å². The van der Waals surface area contributed by atoms with Gasteiger partial charge in [-0.3, -0.25) is 4.90 Å². The van der Waals surface area contributed by atoms with Gasteiger partial charge in [-0.25, -0.2) is 0 Å². The Balaban J connectivity index is 4.41. The topological polar surface area (TPSA) is 49.5 Å². The number of aliphatic hydroxyl groups is 1. The molecule has 0 rings (SSSR count). The van der Waals surface area contributed by atoms with Gasteiger partial charge in [-0.1, -0.05) is 27.7 Å². The third-order valence-corrected chi connectivity index (χ3v) is 2.56. The number of hydrogen-bond acceptors (Lipinski definition) is 3. The molecule has 0 aliphatic rings. The average Bonchev–Trinajstić information content (AvgIpc) is 2.03. The predicted octanol–water partition coefficient (Wildman–Crippen LogP) is 1.06. The summed E-state index contributed by atoms with van der Waals surface area (Å²) in [5, 5.41) is 8.99. The van der Waals surface area contributed by atoms with Crippen molar-refractivity contribution in [2.75, 3.05) is 26.2 Å². The van der Waals surface area contributed by atoms with E-state index in [1.807, 2.05) is 0 Å². The average molecular weight is 202 g/mol. The van der Waals surface area contributed by atoms with Crippen molar-refractivity contribution in [1.29, 1.82) is 0 Å². The lowest BCUT2D eigenvalue weighted by atomic mass is 9.85. The number of aliphatic hydroxyl groups excluding tert-OH is 1. The molecule has 0 heterocycles. The lowest BCUT2D eigenvalue weighted by molar-refractivity contribution is 0.0845. The number of nitrogens with two attached hydrogens (primary N) is 1. The molecule has 0 spiro atoms. The Morgan fingerprint density at radius 1 is 1.29 bits per heavy atom. The fourth-order valence-corrected chi connectivity index (χ4v) is 1.89. The third-order valence-electron chi connectivity index (χ3n) is 2.56. The second-order valence-corrected chi connectivity index (χ2v) is 4.88. The molecule has 0 aromatic heterocycles. The Morgan fingerprint density at radius 2 is 1.86 bits per heavy atom. The smallest absolute Gasteiger partial charge is 0.0558 e.